The van der Waals surface area contributed by atoms with Crippen LogP contribution in [0.3, 0.4) is 0 Å². The molecule has 0 radical (unpaired) electrons. The topological polar surface area (TPSA) is 50.1 Å². The summed E-state index contributed by atoms with van der Waals surface area (Å²) < 4.78 is 37.7. The third kappa shape index (κ3) is 2.19. The maximum absolute atomic E-state index is 12.2. The molecular weight excluding hydrogens is 187 g/mol. The number of rotatable bonds is 2. The van der Waals surface area contributed by atoms with E-state index in [9.17, 15) is 13.2 Å². The Hall–Kier alpha value is -1.08. The summed E-state index contributed by atoms with van der Waals surface area (Å²) in [7, 11) is 1.39. The van der Waals surface area contributed by atoms with E-state index in [2.05, 4.69) is 5.10 Å². The van der Waals surface area contributed by atoms with Gasteiger partial charge in [-0.2, -0.15) is 18.3 Å². The van der Waals surface area contributed by atoms with Crippen LogP contribution in [-0.4, -0.2) is 15.0 Å². The van der Waals surface area contributed by atoms with E-state index < -0.39 is 11.9 Å². The first-order valence-electron chi connectivity index (χ1n) is 3.42. The number of nitrogens with one attached hydrogen (secondary N) is 1. The van der Waals surface area contributed by atoms with Gasteiger partial charge in [0, 0.05) is 25.4 Å². The van der Waals surface area contributed by atoms with Gasteiger partial charge in [0.15, 0.2) is 5.69 Å². The molecule has 1 heterocycles. The standard InChI is InChI=1S/C6H8F3N3O/c1-12-3-4(2-10-13)5(11-12)6(7,8)9/h3,10,13H,2H2,1H3. The van der Waals surface area contributed by atoms with E-state index in [1.54, 1.807) is 5.48 Å². The van der Waals surface area contributed by atoms with Crippen molar-refractivity contribution in [2.45, 2.75) is 12.7 Å². The van der Waals surface area contributed by atoms with Crippen molar-refractivity contribution in [3.63, 3.8) is 0 Å². The first-order chi connectivity index (χ1) is 5.95. The predicted molar refractivity (Wildman–Crippen MR) is 36.8 cm³/mol. The van der Waals surface area contributed by atoms with Gasteiger partial charge in [0.2, 0.25) is 0 Å². The highest BCUT2D eigenvalue weighted by Crippen LogP contribution is 2.30. The lowest BCUT2D eigenvalue weighted by Crippen LogP contribution is -2.13. The van der Waals surface area contributed by atoms with Gasteiger partial charge in [0.25, 0.3) is 0 Å². The Kier molecular flexibility index (Phi) is 2.58. The van der Waals surface area contributed by atoms with Gasteiger partial charge < -0.3 is 5.21 Å². The number of hydrogen-bond donors (Lipinski definition) is 2. The molecule has 2 N–H and O–H groups in total. The zero-order chi connectivity index (χ0) is 10.1. The largest absolute Gasteiger partial charge is 0.435 e. The van der Waals surface area contributed by atoms with Crippen LogP contribution in [0.1, 0.15) is 11.3 Å². The third-order valence-electron chi connectivity index (χ3n) is 1.44. The maximum atomic E-state index is 12.2. The molecule has 0 fully saturated rings. The number of hydroxylamine groups is 1. The molecule has 1 rings (SSSR count). The molecule has 0 unspecified atom stereocenters. The van der Waals surface area contributed by atoms with Gasteiger partial charge in [-0.3, -0.25) is 4.68 Å². The lowest BCUT2D eigenvalue weighted by Gasteiger charge is -2.04. The lowest BCUT2D eigenvalue weighted by molar-refractivity contribution is -0.142. The highest BCUT2D eigenvalue weighted by Gasteiger charge is 2.36. The average Bonchev–Trinajstić information content (AvgIpc) is 2.30. The summed E-state index contributed by atoms with van der Waals surface area (Å²) >= 11 is 0. The Bertz CT molecular complexity index is 294. The van der Waals surface area contributed by atoms with Crippen LogP contribution in [0.5, 0.6) is 0 Å². The molecule has 7 heteroatoms. The SMILES string of the molecule is Cn1cc(CNO)c(C(F)(F)F)n1. The Morgan fingerprint density at radius 3 is 2.69 bits per heavy atom. The molecule has 0 saturated carbocycles. The molecule has 1 aromatic rings. The molecule has 0 amide bonds. The van der Waals surface area contributed by atoms with E-state index in [0.717, 1.165) is 4.68 Å². The first-order valence-corrected chi connectivity index (χ1v) is 3.42. The van der Waals surface area contributed by atoms with Crippen LogP contribution >= 0.6 is 0 Å². The van der Waals surface area contributed by atoms with Crippen molar-refractivity contribution in [1.29, 1.82) is 0 Å². The molecule has 0 bridgehead atoms. The molecule has 4 nitrogen and oxygen atoms in total. The molecule has 0 aliphatic heterocycles. The summed E-state index contributed by atoms with van der Waals surface area (Å²) in [5, 5.41) is 11.5. The van der Waals surface area contributed by atoms with Crippen LogP contribution < -0.4 is 5.48 Å². The fraction of sp³-hybridized carbons (Fsp3) is 0.500. The van der Waals surface area contributed by atoms with Gasteiger partial charge in [-0.25, -0.2) is 5.48 Å². The second kappa shape index (κ2) is 3.35. The fourth-order valence-corrected chi connectivity index (χ4v) is 0.991. The van der Waals surface area contributed by atoms with Crippen molar-refractivity contribution < 1.29 is 18.4 Å². The number of aromatic nitrogens is 2. The summed E-state index contributed by atoms with van der Waals surface area (Å²) in [5.74, 6) is 0. The van der Waals surface area contributed by atoms with Crippen molar-refractivity contribution in [3.05, 3.63) is 17.5 Å². The van der Waals surface area contributed by atoms with Gasteiger partial charge in [-0.15, -0.1) is 0 Å². The van der Waals surface area contributed by atoms with E-state index in [4.69, 9.17) is 5.21 Å². The van der Waals surface area contributed by atoms with E-state index in [1.807, 2.05) is 0 Å². The van der Waals surface area contributed by atoms with Crippen LogP contribution in [0.4, 0.5) is 13.2 Å². The number of nitrogens with zero attached hydrogens (tertiary/aromatic N) is 2. The van der Waals surface area contributed by atoms with Crippen molar-refractivity contribution in [2.75, 3.05) is 0 Å². The highest BCUT2D eigenvalue weighted by atomic mass is 19.4. The smallest absolute Gasteiger partial charge is 0.316 e. The van der Waals surface area contributed by atoms with E-state index in [1.165, 1.54) is 13.2 Å². The van der Waals surface area contributed by atoms with Crippen LogP contribution in [0.2, 0.25) is 0 Å². The highest BCUT2D eigenvalue weighted by molar-refractivity contribution is 5.19. The normalized spacial score (nSPS) is 12.1. The van der Waals surface area contributed by atoms with Crippen molar-refractivity contribution >= 4 is 0 Å². The molecule has 0 aliphatic rings. The Labute approximate surface area is 71.9 Å². The van der Waals surface area contributed by atoms with Gasteiger partial charge in [-0.1, -0.05) is 0 Å². The zero-order valence-corrected chi connectivity index (χ0v) is 6.76. The average molecular weight is 195 g/mol. The zero-order valence-electron chi connectivity index (χ0n) is 6.76. The van der Waals surface area contributed by atoms with Crippen molar-refractivity contribution in [1.82, 2.24) is 15.3 Å². The van der Waals surface area contributed by atoms with Gasteiger partial charge in [0.05, 0.1) is 0 Å². The summed E-state index contributed by atoms with van der Waals surface area (Å²) in [6, 6.07) is 0. The van der Waals surface area contributed by atoms with Crippen molar-refractivity contribution in [2.24, 2.45) is 7.05 Å². The first kappa shape index (κ1) is 10.0. The molecule has 0 spiro atoms. The Morgan fingerprint density at radius 2 is 2.23 bits per heavy atom. The molecule has 0 aromatic carbocycles. The fourth-order valence-electron chi connectivity index (χ4n) is 0.991. The summed E-state index contributed by atoms with van der Waals surface area (Å²) in [5.41, 5.74) is 0.595. The quantitative estimate of drug-likeness (QED) is 0.690. The number of alkyl halides is 3. The summed E-state index contributed by atoms with van der Waals surface area (Å²) in [6.45, 7) is -0.275. The van der Waals surface area contributed by atoms with E-state index >= 15 is 0 Å². The van der Waals surface area contributed by atoms with Gasteiger partial charge in [0.1, 0.15) is 0 Å². The molecule has 1 aromatic heterocycles. The monoisotopic (exact) mass is 195 g/mol. The van der Waals surface area contributed by atoms with Crippen LogP contribution in [0.25, 0.3) is 0 Å². The van der Waals surface area contributed by atoms with Gasteiger partial charge >= 0.3 is 6.18 Å². The molecule has 0 aliphatic carbocycles. The van der Waals surface area contributed by atoms with Crippen LogP contribution in [-0.2, 0) is 19.8 Å². The molecule has 0 atom stereocenters. The van der Waals surface area contributed by atoms with Crippen molar-refractivity contribution in [3.8, 4) is 0 Å². The Balaban J connectivity index is 3.04. The number of aryl methyl sites for hydroxylation is 1. The Morgan fingerprint density at radius 1 is 1.62 bits per heavy atom. The molecular formula is C6H8F3N3O. The number of halogens is 3. The minimum Gasteiger partial charge on any atom is -0.316 e. The molecule has 0 saturated heterocycles. The lowest BCUT2D eigenvalue weighted by atomic mass is 10.2. The third-order valence-corrected chi connectivity index (χ3v) is 1.44. The minimum absolute atomic E-state index is 0.0856. The molecule has 74 valence electrons. The van der Waals surface area contributed by atoms with Crippen LogP contribution in [0.15, 0.2) is 6.20 Å². The van der Waals surface area contributed by atoms with Crippen LogP contribution in [0, 0.1) is 0 Å². The van der Waals surface area contributed by atoms with E-state index in [0.29, 0.717) is 0 Å². The number of hydrogen-bond acceptors (Lipinski definition) is 3. The summed E-state index contributed by atoms with van der Waals surface area (Å²) in [6.07, 6.45) is -3.28. The maximum Gasteiger partial charge on any atom is 0.435 e. The second-order valence-corrected chi connectivity index (χ2v) is 2.51. The minimum atomic E-state index is -4.48. The molecule has 13 heavy (non-hydrogen) atoms. The van der Waals surface area contributed by atoms with Gasteiger partial charge in [-0.05, 0) is 0 Å². The summed E-state index contributed by atoms with van der Waals surface area (Å²) in [4.78, 5) is 0. The predicted octanol–water partition coefficient (Wildman–Crippen LogP) is 0.918. The second-order valence-electron chi connectivity index (χ2n) is 2.51. The van der Waals surface area contributed by atoms with E-state index in [-0.39, 0.29) is 12.1 Å².